The fourth-order valence-corrected chi connectivity index (χ4v) is 3.46. The number of carboxylic acids is 1. The SMILES string of the molecule is Cc1cc(C)c(NC(=O)[C@H](C)c2nc(C)c(C(=O)[O-])s2)c(C)c1. The van der Waals surface area contributed by atoms with Gasteiger partial charge in [-0.1, -0.05) is 17.7 Å². The first kappa shape index (κ1) is 17.1. The number of carbonyl (C=O) groups excluding carboxylic acids is 2. The second kappa shape index (κ2) is 6.50. The summed E-state index contributed by atoms with van der Waals surface area (Å²) in [7, 11) is 0. The Morgan fingerprint density at radius 3 is 2.22 bits per heavy atom. The highest BCUT2D eigenvalue weighted by molar-refractivity contribution is 7.13. The number of aromatic carboxylic acids is 1. The van der Waals surface area contributed by atoms with Crippen LogP contribution in [-0.2, 0) is 4.79 Å². The molecule has 0 aliphatic carbocycles. The van der Waals surface area contributed by atoms with Gasteiger partial charge in [0, 0.05) is 5.69 Å². The first-order chi connectivity index (χ1) is 10.7. The number of nitrogens with one attached hydrogen (secondary N) is 1. The number of carboxylic acid groups (broad SMARTS) is 1. The Labute approximate surface area is 139 Å². The highest BCUT2D eigenvalue weighted by atomic mass is 32.1. The summed E-state index contributed by atoms with van der Waals surface area (Å²) >= 11 is 0.991. The number of aromatic nitrogens is 1. The van der Waals surface area contributed by atoms with Gasteiger partial charge in [0.05, 0.1) is 22.5 Å². The lowest BCUT2D eigenvalue weighted by Crippen LogP contribution is -2.21. The average Bonchev–Trinajstić information content (AvgIpc) is 2.83. The molecule has 23 heavy (non-hydrogen) atoms. The Hall–Kier alpha value is -2.21. The maximum absolute atomic E-state index is 12.5. The van der Waals surface area contributed by atoms with Crippen molar-refractivity contribution in [1.82, 2.24) is 4.98 Å². The molecule has 2 rings (SSSR count). The van der Waals surface area contributed by atoms with E-state index in [1.165, 1.54) is 0 Å². The molecule has 1 heterocycles. The molecule has 1 N–H and O–H groups in total. The molecular weight excluding hydrogens is 312 g/mol. The van der Waals surface area contributed by atoms with Crippen LogP contribution >= 0.6 is 11.3 Å². The zero-order chi connectivity index (χ0) is 17.3. The zero-order valence-electron chi connectivity index (χ0n) is 13.8. The number of hydrogen-bond acceptors (Lipinski definition) is 5. The van der Waals surface area contributed by atoms with Gasteiger partial charge in [0.25, 0.3) is 0 Å². The van der Waals surface area contributed by atoms with Gasteiger partial charge in [-0.05, 0) is 45.7 Å². The highest BCUT2D eigenvalue weighted by Gasteiger charge is 2.22. The van der Waals surface area contributed by atoms with E-state index < -0.39 is 11.9 Å². The van der Waals surface area contributed by atoms with E-state index in [1.54, 1.807) is 13.8 Å². The van der Waals surface area contributed by atoms with Crippen molar-refractivity contribution in [2.45, 2.75) is 40.5 Å². The smallest absolute Gasteiger partial charge is 0.234 e. The van der Waals surface area contributed by atoms with E-state index >= 15 is 0 Å². The monoisotopic (exact) mass is 331 g/mol. The Morgan fingerprint density at radius 1 is 1.17 bits per heavy atom. The van der Waals surface area contributed by atoms with Crippen molar-refractivity contribution in [3.63, 3.8) is 0 Å². The number of amides is 1. The summed E-state index contributed by atoms with van der Waals surface area (Å²) in [5.74, 6) is -2.00. The first-order valence-corrected chi connectivity index (χ1v) is 8.09. The molecule has 0 saturated heterocycles. The van der Waals surface area contributed by atoms with Gasteiger partial charge in [-0.2, -0.15) is 0 Å². The van der Waals surface area contributed by atoms with E-state index in [0.29, 0.717) is 10.7 Å². The molecule has 1 aromatic heterocycles. The van der Waals surface area contributed by atoms with E-state index in [1.807, 2.05) is 32.9 Å². The third-order valence-electron chi connectivity index (χ3n) is 3.69. The van der Waals surface area contributed by atoms with Crippen molar-refractivity contribution in [1.29, 1.82) is 0 Å². The largest absolute Gasteiger partial charge is 0.544 e. The van der Waals surface area contributed by atoms with Crippen LogP contribution in [0, 0.1) is 27.7 Å². The Balaban J connectivity index is 2.24. The molecule has 1 aromatic carbocycles. The molecule has 0 bridgehead atoms. The van der Waals surface area contributed by atoms with Crippen molar-refractivity contribution in [3.05, 3.63) is 44.4 Å². The van der Waals surface area contributed by atoms with Gasteiger partial charge in [0.2, 0.25) is 5.91 Å². The Kier molecular flexibility index (Phi) is 4.85. The van der Waals surface area contributed by atoms with Crippen molar-refractivity contribution < 1.29 is 14.7 Å². The molecule has 6 heteroatoms. The highest BCUT2D eigenvalue weighted by Crippen LogP contribution is 2.27. The van der Waals surface area contributed by atoms with Crippen LogP contribution in [0.4, 0.5) is 5.69 Å². The van der Waals surface area contributed by atoms with Crippen molar-refractivity contribution >= 4 is 28.9 Å². The molecule has 1 amide bonds. The molecule has 0 unspecified atom stereocenters. The minimum Gasteiger partial charge on any atom is -0.544 e. The summed E-state index contributed by atoms with van der Waals surface area (Å²) in [5, 5.41) is 14.4. The maximum Gasteiger partial charge on any atom is 0.234 e. The van der Waals surface area contributed by atoms with Crippen LogP contribution in [0.5, 0.6) is 0 Å². The van der Waals surface area contributed by atoms with Gasteiger partial charge >= 0.3 is 0 Å². The predicted molar refractivity (Wildman–Crippen MR) is 88.9 cm³/mol. The molecule has 122 valence electrons. The summed E-state index contributed by atoms with van der Waals surface area (Å²) in [6.45, 7) is 9.22. The van der Waals surface area contributed by atoms with Crippen molar-refractivity contribution in [2.75, 3.05) is 5.32 Å². The van der Waals surface area contributed by atoms with E-state index in [-0.39, 0.29) is 10.8 Å². The first-order valence-electron chi connectivity index (χ1n) is 7.28. The second-order valence-electron chi connectivity index (χ2n) is 5.74. The number of anilines is 1. The molecule has 0 saturated carbocycles. The molecule has 1 atom stereocenters. The Bertz CT molecular complexity index is 757. The average molecular weight is 331 g/mol. The van der Waals surface area contributed by atoms with Gasteiger partial charge in [-0.25, -0.2) is 4.98 Å². The lowest BCUT2D eigenvalue weighted by molar-refractivity contribution is -0.254. The van der Waals surface area contributed by atoms with E-state index in [9.17, 15) is 14.7 Å². The number of nitrogens with zero attached hydrogens (tertiary/aromatic N) is 1. The van der Waals surface area contributed by atoms with Crippen LogP contribution in [0.25, 0.3) is 0 Å². The minimum absolute atomic E-state index is 0.0716. The van der Waals surface area contributed by atoms with Gasteiger partial charge < -0.3 is 15.2 Å². The predicted octanol–water partition coefficient (Wildman–Crippen LogP) is 2.48. The minimum atomic E-state index is -1.26. The molecule has 2 aromatic rings. The standard InChI is InChI=1S/C17H20N2O3S/c1-8-6-9(2)13(10(3)7-8)19-15(20)11(4)16-18-12(5)14(23-16)17(21)22/h6-7,11H,1-5H3,(H,19,20)(H,21,22)/p-1/t11-/m0/s1. The third-order valence-corrected chi connectivity index (χ3v) is 5.01. The molecule has 0 spiro atoms. The van der Waals surface area contributed by atoms with Crippen LogP contribution in [0.3, 0.4) is 0 Å². The lowest BCUT2D eigenvalue weighted by Gasteiger charge is -2.15. The number of thiazole rings is 1. The van der Waals surface area contributed by atoms with Crippen molar-refractivity contribution in [3.8, 4) is 0 Å². The summed E-state index contributed by atoms with van der Waals surface area (Å²) in [6.07, 6.45) is 0. The van der Waals surface area contributed by atoms with Crippen LogP contribution in [0.2, 0.25) is 0 Å². The molecular formula is C17H19N2O3S-. The van der Waals surface area contributed by atoms with Crippen molar-refractivity contribution in [2.24, 2.45) is 0 Å². The van der Waals surface area contributed by atoms with Gasteiger partial charge in [0.15, 0.2) is 0 Å². The molecule has 0 aliphatic rings. The quantitative estimate of drug-likeness (QED) is 0.933. The Morgan fingerprint density at radius 2 is 1.74 bits per heavy atom. The summed E-state index contributed by atoms with van der Waals surface area (Å²) < 4.78 is 0. The molecule has 0 fully saturated rings. The van der Waals surface area contributed by atoms with E-state index in [2.05, 4.69) is 10.3 Å². The normalized spacial score (nSPS) is 12.0. The topological polar surface area (TPSA) is 82.1 Å². The summed E-state index contributed by atoms with van der Waals surface area (Å²) in [4.78, 5) is 27.7. The van der Waals surface area contributed by atoms with Gasteiger partial charge in [-0.3, -0.25) is 4.79 Å². The lowest BCUT2D eigenvalue weighted by atomic mass is 10.0. The number of hydrogen-bond donors (Lipinski definition) is 1. The maximum atomic E-state index is 12.5. The van der Waals surface area contributed by atoms with Gasteiger partial charge in [-0.15, -0.1) is 11.3 Å². The zero-order valence-corrected chi connectivity index (χ0v) is 14.6. The van der Waals surface area contributed by atoms with E-state index in [0.717, 1.165) is 33.7 Å². The van der Waals surface area contributed by atoms with Crippen LogP contribution < -0.4 is 10.4 Å². The van der Waals surface area contributed by atoms with Gasteiger partial charge in [0.1, 0.15) is 5.01 Å². The summed E-state index contributed by atoms with van der Waals surface area (Å²) in [6, 6.07) is 4.02. The number of aryl methyl sites for hydroxylation is 4. The molecule has 0 aliphatic heterocycles. The number of carbonyl (C=O) groups is 2. The molecule has 0 radical (unpaired) electrons. The fraction of sp³-hybridized carbons (Fsp3) is 0.353. The van der Waals surface area contributed by atoms with E-state index in [4.69, 9.17) is 0 Å². The van der Waals surface area contributed by atoms with Crippen LogP contribution in [-0.4, -0.2) is 16.9 Å². The van der Waals surface area contributed by atoms with Crippen LogP contribution in [0.1, 0.15) is 49.9 Å². The van der Waals surface area contributed by atoms with Crippen LogP contribution in [0.15, 0.2) is 12.1 Å². The second-order valence-corrected chi connectivity index (χ2v) is 6.77. The number of benzene rings is 1. The molecule has 5 nitrogen and oxygen atoms in total. The fourth-order valence-electron chi connectivity index (χ4n) is 2.51. The summed E-state index contributed by atoms with van der Waals surface area (Å²) in [5.41, 5.74) is 4.30. The third kappa shape index (κ3) is 3.59. The number of rotatable bonds is 4.